The fourth-order valence-corrected chi connectivity index (χ4v) is 4.22. The van der Waals surface area contributed by atoms with Gasteiger partial charge in [-0.1, -0.05) is 13.8 Å². The molecule has 0 radical (unpaired) electrons. The minimum atomic E-state index is -3.90. The Balaban J connectivity index is 2.45. The number of nitrogens with zero attached hydrogens (tertiary/aromatic N) is 2. The first-order chi connectivity index (χ1) is 9.73. The molecule has 7 nitrogen and oxygen atoms in total. The molecule has 0 saturated carbocycles. The van der Waals surface area contributed by atoms with E-state index >= 15 is 0 Å². The SMILES string of the molecule is CC1CCN(S(=O)(=O)c2cc(N)ccc2[N+](=O)[O-])CC1C. The van der Waals surface area contributed by atoms with Crippen molar-refractivity contribution in [1.82, 2.24) is 4.31 Å². The van der Waals surface area contributed by atoms with Gasteiger partial charge in [-0.05, 0) is 30.4 Å². The summed E-state index contributed by atoms with van der Waals surface area (Å²) >= 11 is 0. The number of nitrogen functional groups attached to an aromatic ring is 1. The van der Waals surface area contributed by atoms with E-state index in [1.54, 1.807) is 0 Å². The Morgan fingerprint density at radius 2 is 2.00 bits per heavy atom. The summed E-state index contributed by atoms with van der Waals surface area (Å²) in [6, 6.07) is 3.63. The Bertz CT molecular complexity index is 659. The van der Waals surface area contributed by atoms with Crippen LogP contribution in [0.5, 0.6) is 0 Å². The standard InChI is InChI=1S/C13H19N3O4S/c1-9-5-6-15(8-10(9)2)21(19,20)13-7-11(14)3-4-12(13)16(17)18/h3-4,7,9-10H,5-6,8,14H2,1-2H3. The second-order valence-corrected chi connectivity index (χ2v) is 7.50. The Morgan fingerprint density at radius 1 is 1.33 bits per heavy atom. The van der Waals surface area contributed by atoms with Crippen molar-refractivity contribution in [2.75, 3.05) is 18.8 Å². The molecule has 1 heterocycles. The number of nitro benzene ring substituents is 1. The second kappa shape index (κ2) is 5.61. The van der Waals surface area contributed by atoms with E-state index in [1.807, 2.05) is 6.92 Å². The van der Waals surface area contributed by atoms with Gasteiger partial charge in [0, 0.05) is 24.8 Å². The molecule has 2 unspecified atom stereocenters. The van der Waals surface area contributed by atoms with Crippen LogP contribution in [0.15, 0.2) is 23.1 Å². The fourth-order valence-electron chi connectivity index (χ4n) is 2.47. The summed E-state index contributed by atoms with van der Waals surface area (Å²) in [4.78, 5) is 10.0. The average molecular weight is 313 g/mol. The highest BCUT2D eigenvalue weighted by molar-refractivity contribution is 7.89. The molecule has 2 rings (SSSR count). The average Bonchev–Trinajstić information content (AvgIpc) is 2.41. The highest BCUT2D eigenvalue weighted by atomic mass is 32.2. The van der Waals surface area contributed by atoms with Gasteiger partial charge in [0.15, 0.2) is 4.90 Å². The lowest BCUT2D eigenvalue weighted by Crippen LogP contribution is -2.42. The normalized spacial score (nSPS) is 23.9. The molecule has 2 N–H and O–H groups in total. The van der Waals surface area contributed by atoms with Crippen molar-refractivity contribution in [2.24, 2.45) is 11.8 Å². The maximum absolute atomic E-state index is 12.7. The van der Waals surface area contributed by atoms with Crippen molar-refractivity contribution < 1.29 is 13.3 Å². The van der Waals surface area contributed by atoms with Gasteiger partial charge in [-0.3, -0.25) is 10.1 Å². The molecule has 2 atom stereocenters. The Kier molecular flexibility index (Phi) is 4.20. The van der Waals surface area contributed by atoms with Gasteiger partial charge < -0.3 is 5.73 Å². The van der Waals surface area contributed by atoms with Crippen LogP contribution in [-0.4, -0.2) is 30.7 Å². The van der Waals surface area contributed by atoms with Gasteiger partial charge in [0.2, 0.25) is 10.0 Å². The first-order valence-electron chi connectivity index (χ1n) is 6.77. The molecule has 0 aromatic heterocycles. The van der Waals surface area contributed by atoms with E-state index in [0.29, 0.717) is 19.0 Å². The maximum Gasteiger partial charge on any atom is 0.289 e. The Morgan fingerprint density at radius 3 is 2.57 bits per heavy atom. The molecule has 21 heavy (non-hydrogen) atoms. The van der Waals surface area contributed by atoms with Crippen LogP contribution in [0.4, 0.5) is 11.4 Å². The zero-order valence-electron chi connectivity index (χ0n) is 12.0. The molecular formula is C13H19N3O4S. The number of anilines is 1. The van der Waals surface area contributed by atoms with Crippen LogP contribution in [0.2, 0.25) is 0 Å². The summed E-state index contributed by atoms with van der Waals surface area (Å²) in [7, 11) is -3.90. The van der Waals surface area contributed by atoms with E-state index in [0.717, 1.165) is 18.6 Å². The molecule has 1 aromatic carbocycles. The lowest BCUT2D eigenvalue weighted by Gasteiger charge is -2.34. The Labute approximate surface area is 123 Å². The van der Waals surface area contributed by atoms with Crippen LogP contribution >= 0.6 is 0 Å². The summed E-state index contributed by atoms with van der Waals surface area (Å²) < 4.78 is 26.7. The van der Waals surface area contributed by atoms with Crippen molar-refractivity contribution in [3.8, 4) is 0 Å². The van der Waals surface area contributed by atoms with Crippen LogP contribution in [0, 0.1) is 22.0 Å². The number of nitro groups is 1. The van der Waals surface area contributed by atoms with Crippen molar-refractivity contribution in [3.05, 3.63) is 28.3 Å². The van der Waals surface area contributed by atoms with Crippen molar-refractivity contribution >= 4 is 21.4 Å². The minimum Gasteiger partial charge on any atom is -0.399 e. The van der Waals surface area contributed by atoms with E-state index in [2.05, 4.69) is 6.92 Å². The van der Waals surface area contributed by atoms with Crippen LogP contribution in [0.1, 0.15) is 20.3 Å². The highest BCUT2D eigenvalue weighted by Gasteiger charge is 2.35. The van der Waals surface area contributed by atoms with Gasteiger partial charge in [-0.25, -0.2) is 8.42 Å². The number of hydrogen-bond acceptors (Lipinski definition) is 5. The van der Waals surface area contributed by atoms with E-state index in [-0.39, 0.29) is 16.5 Å². The fraction of sp³-hybridized carbons (Fsp3) is 0.538. The predicted octanol–water partition coefficient (Wildman–Crippen LogP) is 1.84. The summed E-state index contributed by atoms with van der Waals surface area (Å²) in [5.41, 5.74) is 5.36. The number of sulfonamides is 1. The summed E-state index contributed by atoms with van der Waals surface area (Å²) in [6.07, 6.45) is 0.747. The van der Waals surface area contributed by atoms with Gasteiger partial charge in [0.1, 0.15) is 0 Å². The van der Waals surface area contributed by atoms with E-state index in [9.17, 15) is 18.5 Å². The monoisotopic (exact) mass is 313 g/mol. The number of nitrogens with two attached hydrogens (primary N) is 1. The van der Waals surface area contributed by atoms with Crippen molar-refractivity contribution in [1.29, 1.82) is 0 Å². The Hall–Kier alpha value is -1.67. The lowest BCUT2D eigenvalue weighted by atomic mass is 9.90. The maximum atomic E-state index is 12.7. The molecule has 1 saturated heterocycles. The van der Waals surface area contributed by atoms with Gasteiger partial charge >= 0.3 is 0 Å². The molecule has 0 aliphatic carbocycles. The number of hydrogen-bond donors (Lipinski definition) is 1. The largest absolute Gasteiger partial charge is 0.399 e. The number of piperidine rings is 1. The smallest absolute Gasteiger partial charge is 0.289 e. The molecule has 0 amide bonds. The van der Waals surface area contributed by atoms with Crippen molar-refractivity contribution in [2.45, 2.75) is 25.2 Å². The van der Waals surface area contributed by atoms with Crippen LogP contribution in [-0.2, 0) is 10.0 Å². The molecule has 1 aliphatic heterocycles. The van der Waals surface area contributed by atoms with Crippen molar-refractivity contribution in [3.63, 3.8) is 0 Å². The summed E-state index contributed by atoms with van der Waals surface area (Å²) in [5.74, 6) is 0.654. The third-order valence-electron chi connectivity index (χ3n) is 4.10. The van der Waals surface area contributed by atoms with Crippen LogP contribution < -0.4 is 5.73 Å². The molecule has 1 fully saturated rings. The molecule has 0 spiro atoms. The van der Waals surface area contributed by atoms with Gasteiger partial charge in [0.05, 0.1) is 4.92 Å². The molecule has 1 aromatic rings. The van der Waals surface area contributed by atoms with Crippen LogP contribution in [0.3, 0.4) is 0 Å². The third-order valence-corrected chi connectivity index (χ3v) is 5.99. The summed E-state index contributed by atoms with van der Waals surface area (Å²) in [5, 5.41) is 11.1. The first kappa shape index (κ1) is 15.7. The molecule has 1 aliphatic rings. The second-order valence-electron chi connectivity index (χ2n) is 5.59. The predicted molar refractivity (Wildman–Crippen MR) is 79.2 cm³/mol. The highest BCUT2D eigenvalue weighted by Crippen LogP contribution is 2.32. The summed E-state index contributed by atoms with van der Waals surface area (Å²) in [6.45, 7) is 4.81. The van der Waals surface area contributed by atoms with E-state index in [1.165, 1.54) is 10.4 Å². The van der Waals surface area contributed by atoms with Gasteiger partial charge in [0.25, 0.3) is 5.69 Å². The van der Waals surface area contributed by atoms with Crippen LogP contribution in [0.25, 0.3) is 0 Å². The van der Waals surface area contributed by atoms with E-state index < -0.39 is 20.6 Å². The zero-order valence-corrected chi connectivity index (χ0v) is 12.8. The number of rotatable bonds is 3. The zero-order chi connectivity index (χ0) is 15.8. The lowest BCUT2D eigenvalue weighted by molar-refractivity contribution is -0.387. The first-order valence-corrected chi connectivity index (χ1v) is 8.21. The third kappa shape index (κ3) is 3.01. The van der Waals surface area contributed by atoms with Gasteiger partial charge in [-0.2, -0.15) is 4.31 Å². The van der Waals surface area contributed by atoms with E-state index in [4.69, 9.17) is 5.73 Å². The molecule has 8 heteroatoms. The van der Waals surface area contributed by atoms with Gasteiger partial charge in [-0.15, -0.1) is 0 Å². The molecular weight excluding hydrogens is 294 g/mol. The quantitative estimate of drug-likeness (QED) is 0.520. The minimum absolute atomic E-state index is 0.192. The topological polar surface area (TPSA) is 107 Å². The molecule has 116 valence electrons. The number of benzene rings is 1. The molecule has 0 bridgehead atoms.